The normalized spacial score (nSPS) is 9.85. The first-order valence-electron chi connectivity index (χ1n) is 6.30. The maximum atomic E-state index is 12.1. The maximum absolute atomic E-state index is 12.1. The molecule has 102 valence electrons. The minimum atomic E-state index is -0.245. The van der Waals surface area contributed by atoms with Gasteiger partial charge in [-0.25, -0.2) is 0 Å². The van der Waals surface area contributed by atoms with Crippen LogP contribution in [-0.4, -0.2) is 16.8 Å². The van der Waals surface area contributed by atoms with Gasteiger partial charge in [-0.3, -0.25) is 14.6 Å². The number of hydrogen-bond acceptors (Lipinski definition) is 3. The molecule has 5 heteroatoms. The van der Waals surface area contributed by atoms with Gasteiger partial charge in [0.25, 0.3) is 5.91 Å². The molecular formula is C15H15N3O2. The van der Waals surface area contributed by atoms with E-state index < -0.39 is 0 Å². The van der Waals surface area contributed by atoms with Crippen molar-refractivity contribution in [3.05, 3.63) is 54.4 Å². The van der Waals surface area contributed by atoms with Crippen molar-refractivity contribution in [2.45, 2.75) is 13.3 Å². The van der Waals surface area contributed by atoms with Crippen LogP contribution in [0.3, 0.4) is 0 Å². The zero-order chi connectivity index (χ0) is 14.4. The van der Waals surface area contributed by atoms with E-state index in [1.807, 2.05) is 0 Å². The number of hydrogen-bond donors (Lipinski definition) is 2. The SMILES string of the molecule is CCC(=O)Nc1cccc(C(=O)Nc2cccnc2)c1. The Morgan fingerprint density at radius 3 is 2.60 bits per heavy atom. The zero-order valence-electron chi connectivity index (χ0n) is 11.1. The molecule has 0 atom stereocenters. The molecule has 2 amide bonds. The molecule has 0 spiro atoms. The Labute approximate surface area is 117 Å². The van der Waals surface area contributed by atoms with Gasteiger partial charge in [-0.05, 0) is 30.3 Å². The number of aromatic nitrogens is 1. The second-order valence-electron chi connectivity index (χ2n) is 4.18. The van der Waals surface area contributed by atoms with E-state index in [0.29, 0.717) is 23.4 Å². The van der Waals surface area contributed by atoms with E-state index in [2.05, 4.69) is 15.6 Å². The number of amides is 2. The number of rotatable bonds is 4. The Hall–Kier alpha value is -2.69. The Balaban J connectivity index is 2.10. The highest BCUT2D eigenvalue weighted by Crippen LogP contribution is 2.13. The molecule has 0 bridgehead atoms. The highest BCUT2D eigenvalue weighted by atomic mass is 16.2. The van der Waals surface area contributed by atoms with Crippen molar-refractivity contribution in [2.75, 3.05) is 10.6 Å². The number of benzene rings is 1. The van der Waals surface area contributed by atoms with E-state index in [1.54, 1.807) is 55.7 Å². The summed E-state index contributed by atoms with van der Waals surface area (Å²) in [6, 6.07) is 10.3. The number of carbonyl (C=O) groups is 2. The largest absolute Gasteiger partial charge is 0.326 e. The molecule has 1 aromatic carbocycles. The van der Waals surface area contributed by atoms with Crippen LogP contribution in [-0.2, 0) is 4.79 Å². The highest BCUT2D eigenvalue weighted by Gasteiger charge is 2.07. The standard InChI is InChI=1S/C15H15N3O2/c1-2-14(19)17-12-6-3-5-11(9-12)15(20)18-13-7-4-8-16-10-13/h3-10H,2H2,1H3,(H,17,19)(H,18,20). The van der Waals surface area contributed by atoms with Crippen molar-refractivity contribution >= 4 is 23.2 Å². The topological polar surface area (TPSA) is 71.1 Å². The molecule has 2 rings (SSSR count). The summed E-state index contributed by atoms with van der Waals surface area (Å²) in [7, 11) is 0. The lowest BCUT2D eigenvalue weighted by Gasteiger charge is -2.07. The molecule has 1 aromatic heterocycles. The summed E-state index contributed by atoms with van der Waals surface area (Å²) in [4.78, 5) is 27.3. The third-order valence-corrected chi connectivity index (χ3v) is 2.65. The minimum Gasteiger partial charge on any atom is -0.326 e. The smallest absolute Gasteiger partial charge is 0.255 e. The van der Waals surface area contributed by atoms with Crippen LogP contribution in [0, 0.1) is 0 Å². The van der Waals surface area contributed by atoms with Gasteiger partial charge in [0.05, 0.1) is 11.9 Å². The third-order valence-electron chi connectivity index (χ3n) is 2.65. The molecule has 0 radical (unpaired) electrons. The molecule has 20 heavy (non-hydrogen) atoms. The molecule has 0 unspecified atom stereocenters. The van der Waals surface area contributed by atoms with Gasteiger partial charge in [0, 0.05) is 23.9 Å². The molecule has 1 heterocycles. The molecule has 0 saturated carbocycles. The summed E-state index contributed by atoms with van der Waals surface area (Å²) in [5, 5.41) is 5.46. The van der Waals surface area contributed by atoms with Gasteiger partial charge < -0.3 is 10.6 Å². The lowest BCUT2D eigenvalue weighted by atomic mass is 10.2. The van der Waals surface area contributed by atoms with Gasteiger partial charge in [-0.15, -0.1) is 0 Å². The van der Waals surface area contributed by atoms with E-state index in [1.165, 1.54) is 0 Å². The number of pyridine rings is 1. The Kier molecular flexibility index (Phi) is 4.44. The van der Waals surface area contributed by atoms with E-state index in [-0.39, 0.29) is 11.8 Å². The molecule has 2 aromatic rings. The first-order chi connectivity index (χ1) is 9.69. The second kappa shape index (κ2) is 6.47. The van der Waals surface area contributed by atoms with Crippen molar-refractivity contribution in [3.63, 3.8) is 0 Å². The van der Waals surface area contributed by atoms with Gasteiger partial charge in [-0.2, -0.15) is 0 Å². The Morgan fingerprint density at radius 2 is 1.90 bits per heavy atom. The van der Waals surface area contributed by atoms with E-state index in [4.69, 9.17) is 0 Å². The molecule has 0 aliphatic rings. The fraction of sp³-hybridized carbons (Fsp3) is 0.133. The summed E-state index contributed by atoms with van der Waals surface area (Å²) >= 11 is 0. The summed E-state index contributed by atoms with van der Waals surface area (Å²) < 4.78 is 0. The van der Waals surface area contributed by atoms with Crippen LogP contribution in [0.5, 0.6) is 0 Å². The minimum absolute atomic E-state index is 0.0881. The molecular weight excluding hydrogens is 254 g/mol. The number of anilines is 2. The van der Waals surface area contributed by atoms with Crippen LogP contribution in [0.2, 0.25) is 0 Å². The fourth-order valence-corrected chi connectivity index (χ4v) is 1.63. The van der Waals surface area contributed by atoms with Crippen molar-refractivity contribution in [2.24, 2.45) is 0 Å². The van der Waals surface area contributed by atoms with Crippen LogP contribution < -0.4 is 10.6 Å². The first-order valence-corrected chi connectivity index (χ1v) is 6.30. The van der Waals surface area contributed by atoms with Crippen LogP contribution in [0.1, 0.15) is 23.7 Å². The van der Waals surface area contributed by atoms with Gasteiger partial charge in [0.15, 0.2) is 0 Å². The molecule has 0 aliphatic heterocycles. The summed E-state index contributed by atoms with van der Waals surface area (Å²) in [6.07, 6.45) is 3.60. The molecule has 0 fully saturated rings. The predicted molar refractivity (Wildman–Crippen MR) is 77.6 cm³/mol. The maximum Gasteiger partial charge on any atom is 0.255 e. The predicted octanol–water partition coefficient (Wildman–Crippen LogP) is 2.68. The average Bonchev–Trinajstić information content (AvgIpc) is 2.48. The molecule has 0 aliphatic carbocycles. The highest BCUT2D eigenvalue weighted by molar-refractivity contribution is 6.05. The van der Waals surface area contributed by atoms with Crippen LogP contribution in [0.25, 0.3) is 0 Å². The van der Waals surface area contributed by atoms with Crippen molar-refractivity contribution in [1.82, 2.24) is 4.98 Å². The quantitative estimate of drug-likeness (QED) is 0.896. The summed E-state index contributed by atoms with van der Waals surface area (Å²) in [6.45, 7) is 1.77. The lowest BCUT2D eigenvalue weighted by Crippen LogP contribution is -2.13. The molecule has 2 N–H and O–H groups in total. The van der Waals surface area contributed by atoms with E-state index >= 15 is 0 Å². The Morgan fingerprint density at radius 1 is 1.10 bits per heavy atom. The first kappa shape index (κ1) is 13.7. The van der Waals surface area contributed by atoms with Crippen molar-refractivity contribution < 1.29 is 9.59 Å². The van der Waals surface area contributed by atoms with Crippen LogP contribution in [0.15, 0.2) is 48.8 Å². The molecule has 0 saturated heterocycles. The second-order valence-corrected chi connectivity index (χ2v) is 4.18. The summed E-state index contributed by atoms with van der Waals surface area (Å²) in [5.74, 6) is -0.333. The van der Waals surface area contributed by atoms with Crippen molar-refractivity contribution in [1.29, 1.82) is 0 Å². The van der Waals surface area contributed by atoms with Crippen LogP contribution in [0.4, 0.5) is 11.4 Å². The van der Waals surface area contributed by atoms with Crippen LogP contribution >= 0.6 is 0 Å². The Bertz CT molecular complexity index is 612. The molecule has 5 nitrogen and oxygen atoms in total. The van der Waals surface area contributed by atoms with Gasteiger partial charge >= 0.3 is 0 Å². The summed E-state index contributed by atoms with van der Waals surface area (Å²) in [5.41, 5.74) is 1.71. The average molecular weight is 269 g/mol. The van der Waals surface area contributed by atoms with Gasteiger partial charge in [0.2, 0.25) is 5.91 Å². The monoisotopic (exact) mass is 269 g/mol. The van der Waals surface area contributed by atoms with Crippen molar-refractivity contribution in [3.8, 4) is 0 Å². The number of carbonyl (C=O) groups excluding carboxylic acids is 2. The van der Waals surface area contributed by atoms with E-state index in [0.717, 1.165) is 0 Å². The number of nitrogens with one attached hydrogen (secondary N) is 2. The van der Waals surface area contributed by atoms with Gasteiger partial charge in [-0.1, -0.05) is 13.0 Å². The number of nitrogens with zero attached hydrogens (tertiary/aromatic N) is 1. The zero-order valence-corrected chi connectivity index (χ0v) is 11.1. The fourth-order valence-electron chi connectivity index (χ4n) is 1.63. The lowest BCUT2D eigenvalue weighted by molar-refractivity contribution is -0.115. The van der Waals surface area contributed by atoms with E-state index in [9.17, 15) is 9.59 Å². The van der Waals surface area contributed by atoms with Gasteiger partial charge in [0.1, 0.15) is 0 Å². The third kappa shape index (κ3) is 3.65.